The highest BCUT2D eigenvalue weighted by molar-refractivity contribution is 6.30. The molecule has 0 saturated heterocycles. The van der Waals surface area contributed by atoms with E-state index in [4.69, 9.17) is 16.3 Å². The van der Waals surface area contributed by atoms with Crippen LogP contribution >= 0.6 is 11.6 Å². The van der Waals surface area contributed by atoms with Gasteiger partial charge in [-0.25, -0.2) is 4.98 Å². The summed E-state index contributed by atoms with van der Waals surface area (Å²) in [7, 11) is 0. The van der Waals surface area contributed by atoms with Crippen molar-refractivity contribution >= 4 is 11.6 Å². The standard InChI is InChI=1S/C12H7ClF3NO/c13-9-1-3-10(4-2-9)18-11-7-8(5-6-17-11)12(14,15)16/h1-7H. The fourth-order valence-electron chi connectivity index (χ4n) is 1.26. The number of hydrogen-bond donors (Lipinski definition) is 0. The van der Waals surface area contributed by atoms with Crippen LogP contribution in [-0.2, 0) is 6.18 Å². The van der Waals surface area contributed by atoms with E-state index >= 15 is 0 Å². The van der Waals surface area contributed by atoms with E-state index in [2.05, 4.69) is 4.98 Å². The van der Waals surface area contributed by atoms with Gasteiger partial charge in [0, 0.05) is 17.3 Å². The fourth-order valence-corrected chi connectivity index (χ4v) is 1.39. The molecule has 0 aliphatic rings. The molecule has 0 atom stereocenters. The van der Waals surface area contributed by atoms with Crippen molar-refractivity contribution in [3.63, 3.8) is 0 Å². The van der Waals surface area contributed by atoms with Gasteiger partial charge in [0.05, 0.1) is 5.56 Å². The van der Waals surface area contributed by atoms with Crippen LogP contribution in [0.4, 0.5) is 13.2 Å². The first kappa shape index (κ1) is 12.7. The van der Waals surface area contributed by atoms with Gasteiger partial charge in [0.2, 0.25) is 5.88 Å². The third-order valence-electron chi connectivity index (χ3n) is 2.10. The first-order chi connectivity index (χ1) is 8.45. The maximum Gasteiger partial charge on any atom is 0.416 e. The van der Waals surface area contributed by atoms with Gasteiger partial charge in [-0.05, 0) is 30.3 Å². The van der Waals surface area contributed by atoms with E-state index < -0.39 is 11.7 Å². The van der Waals surface area contributed by atoms with Crippen LogP contribution in [0.2, 0.25) is 5.02 Å². The van der Waals surface area contributed by atoms with E-state index in [9.17, 15) is 13.2 Å². The van der Waals surface area contributed by atoms with Crippen LogP contribution in [0, 0.1) is 0 Å². The lowest BCUT2D eigenvalue weighted by Crippen LogP contribution is -2.05. The smallest absolute Gasteiger partial charge is 0.416 e. The number of ether oxygens (including phenoxy) is 1. The van der Waals surface area contributed by atoms with Crippen LogP contribution < -0.4 is 4.74 Å². The van der Waals surface area contributed by atoms with Crippen molar-refractivity contribution in [2.75, 3.05) is 0 Å². The second-order valence-corrected chi connectivity index (χ2v) is 3.87. The summed E-state index contributed by atoms with van der Waals surface area (Å²) < 4.78 is 42.6. The number of alkyl halides is 3. The normalized spacial score (nSPS) is 11.3. The van der Waals surface area contributed by atoms with Gasteiger partial charge >= 0.3 is 6.18 Å². The minimum absolute atomic E-state index is 0.118. The van der Waals surface area contributed by atoms with Gasteiger partial charge in [-0.1, -0.05) is 11.6 Å². The van der Waals surface area contributed by atoms with Gasteiger partial charge < -0.3 is 4.74 Å². The van der Waals surface area contributed by atoms with Crippen LogP contribution in [0.15, 0.2) is 42.6 Å². The molecule has 1 heterocycles. The quantitative estimate of drug-likeness (QED) is 0.801. The molecule has 94 valence electrons. The summed E-state index contributed by atoms with van der Waals surface area (Å²) in [6.45, 7) is 0. The van der Waals surface area contributed by atoms with Crippen molar-refractivity contribution < 1.29 is 17.9 Å². The van der Waals surface area contributed by atoms with Crippen LogP contribution in [0.1, 0.15) is 5.56 Å². The molecule has 2 rings (SSSR count). The number of aromatic nitrogens is 1. The summed E-state index contributed by atoms with van der Waals surface area (Å²) in [5.41, 5.74) is -0.804. The number of hydrogen-bond acceptors (Lipinski definition) is 2. The highest BCUT2D eigenvalue weighted by Crippen LogP contribution is 2.31. The van der Waals surface area contributed by atoms with Crippen molar-refractivity contribution in [2.24, 2.45) is 0 Å². The monoisotopic (exact) mass is 273 g/mol. The van der Waals surface area contributed by atoms with E-state index in [1.165, 1.54) is 0 Å². The Kier molecular flexibility index (Phi) is 3.43. The molecule has 6 heteroatoms. The molecule has 0 aliphatic carbocycles. The second-order valence-electron chi connectivity index (χ2n) is 3.44. The average molecular weight is 274 g/mol. The maximum atomic E-state index is 12.5. The van der Waals surface area contributed by atoms with Crippen molar-refractivity contribution in [3.05, 3.63) is 53.2 Å². The van der Waals surface area contributed by atoms with E-state index in [0.717, 1.165) is 18.3 Å². The zero-order valence-corrected chi connectivity index (χ0v) is 9.66. The molecule has 0 unspecified atom stereocenters. The summed E-state index contributed by atoms with van der Waals surface area (Å²) in [5, 5.41) is 0.513. The molecule has 0 spiro atoms. The molecular formula is C12H7ClF3NO. The minimum Gasteiger partial charge on any atom is -0.439 e. The summed E-state index contributed by atoms with van der Waals surface area (Å²) in [6, 6.07) is 7.97. The van der Waals surface area contributed by atoms with Gasteiger partial charge in [0.25, 0.3) is 0 Å². The highest BCUT2D eigenvalue weighted by atomic mass is 35.5. The molecule has 0 N–H and O–H groups in total. The third-order valence-corrected chi connectivity index (χ3v) is 2.35. The summed E-state index contributed by atoms with van der Waals surface area (Å²) in [6.07, 6.45) is -3.37. The lowest BCUT2D eigenvalue weighted by molar-refractivity contribution is -0.137. The molecule has 2 aromatic rings. The molecule has 0 radical (unpaired) electrons. The molecule has 2 nitrogen and oxygen atoms in total. The first-order valence-corrected chi connectivity index (χ1v) is 5.29. The first-order valence-electron chi connectivity index (χ1n) is 4.92. The molecule has 0 saturated carbocycles. The topological polar surface area (TPSA) is 22.1 Å². The van der Waals surface area contributed by atoms with Gasteiger partial charge in [0.1, 0.15) is 5.75 Å². The van der Waals surface area contributed by atoms with Gasteiger partial charge in [0.15, 0.2) is 0 Å². The Morgan fingerprint density at radius 2 is 1.72 bits per heavy atom. The molecule has 1 aromatic heterocycles. The number of pyridine rings is 1. The van der Waals surface area contributed by atoms with Crippen molar-refractivity contribution in [1.82, 2.24) is 4.98 Å². The molecule has 1 aromatic carbocycles. The number of benzene rings is 1. The van der Waals surface area contributed by atoms with E-state index in [1.54, 1.807) is 24.3 Å². The van der Waals surface area contributed by atoms with E-state index in [0.29, 0.717) is 10.8 Å². The number of nitrogens with zero attached hydrogens (tertiary/aromatic N) is 1. The number of halogens is 4. The summed E-state index contributed by atoms with van der Waals surface area (Å²) in [4.78, 5) is 3.72. The predicted octanol–water partition coefficient (Wildman–Crippen LogP) is 4.55. The summed E-state index contributed by atoms with van der Waals surface area (Å²) in [5.74, 6) is 0.248. The zero-order chi connectivity index (χ0) is 13.2. The number of rotatable bonds is 2. The van der Waals surface area contributed by atoms with Gasteiger partial charge in [-0.15, -0.1) is 0 Å². The van der Waals surface area contributed by atoms with Crippen LogP contribution in [0.3, 0.4) is 0 Å². The van der Waals surface area contributed by atoms with Crippen LogP contribution in [0.5, 0.6) is 11.6 Å². The SMILES string of the molecule is FC(F)(F)c1ccnc(Oc2ccc(Cl)cc2)c1. The Hall–Kier alpha value is -1.75. The van der Waals surface area contributed by atoms with E-state index in [1.807, 2.05) is 0 Å². The van der Waals surface area contributed by atoms with Crippen molar-refractivity contribution in [2.45, 2.75) is 6.18 Å². The maximum absolute atomic E-state index is 12.5. The Balaban J connectivity index is 2.22. The van der Waals surface area contributed by atoms with Gasteiger partial charge in [-0.3, -0.25) is 0 Å². The Labute approximate surface area is 106 Å². The molecule has 18 heavy (non-hydrogen) atoms. The molecule has 0 amide bonds. The highest BCUT2D eigenvalue weighted by Gasteiger charge is 2.30. The molecular weight excluding hydrogens is 267 g/mol. The lowest BCUT2D eigenvalue weighted by atomic mass is 10.2. The predicted molar refractivity (Wildman–Crippen MR) is 60.8 cm³/mol. The minimum atomic E-state index is -4.42. The largest absolute Gasteiger partial charge is 0.439 e. The Bertz CT molecular complexity index is 540. The second kappa shape index (κ2) is 4.86. The van der Waals surface area contributed by atoms with Crippen LogP contribution in [-0.4, -0.2) is 4.98 Å². The average Bonchev–Trinajstić information content (AvgIpc) is 2.31. The molecule has 0 bridgehead atoms. The van der Waals surface area contributed by atoms with E-state index in [-0.39, 0.29) is 5.88 Å². The van der Waals surface area contributed by atoms with Gasteiger partial charge in [-0.2, -0.15) is 13.2 Å². The lowest BCUT2D eigenvalue weighted by Gasteiger charge is -2.08. The summed E-state index contributed by atoms with van der Waals surface area (Å²) >= 11 is 5.68. The zero-order valence-electron chi connectivity index (χ0n) is 8.91. The van der Waals surface area contributed by atoms with Crippen molar-refractivity contribution in [3.8, 4) is 11.6 Å². The Morgan fingerprint density at radius 1 is 1.06 bits per heavy atom. The molecule has 0 fully saturated rings. The van der Waals surface area contributed by atoms with Crippen LogP contribution in [0.25, 0.3) is 0 Å². The molecule has 0 aliphatic heterocycles. The third kappa shape index (κ3) is 3.13. The Morgan fingerprint density at radius 3 is 2.33 bits per heavy atom. The van der Waals surface area contributed by atoms with Crippen molar-refractivity contribution in [1.29, 1.82) is 0 Å². The fraction of sp³-hybridized carbons (Fsp3) is 0.0833.